The van der Waals surface area contributed by atoms with E-state index in [4.69, 9.17) is 0 Å². The molecule has 4 aliphatic rings. The molecule has 4 aliphatic carbocycles. The van der Waals surface area contributed by atoms with Crippen LogP contribution >= 0.6 is 0 Å². The van der Waals surface area contributed by atoms with E-state index in [0.717, 1.165) is 48.6 Å². The lowest BCUT2D eigenvalue weighted by Gasteiger charge is -2.61. The molecule has 184 valence electrons. The van der Waals surface area contributed by atoms with E-state index in [-0.39, 0.29) is 17.4 Å². The van der Waals surface area contributed by atoms with Crippen LogP contribution in [0.3, 0.4) is 0 Å². The fraction of sp³-hybridized carbons (Fsp3) is 0.759. The fourth-order valence-corrected chi connectivity index (χ4v) is 9.48. The largest absolute Gasteiger partial charge is 0.390 e. The summed E-state index contributed by atoms with van der Waals surface area (Å²) in [6, 6.07) is 7.67. The third kappa shape index (κ3) is 3.18. The van der Waals surface area contributed by atoms with Crippen LogP contribution in [-0.4, -0.2) is 31.5 Å². The number of aliphatic hydroxyl groups is 1. The molecule has 5 heteroatoms. The second-order valence-electron chi connectivity index (χ2n) is 13.1. The standard InChI is InChI=1S/C29H41N3O2/c1-18(32-25-8-6-5-7-24(25)30-31-32)26(33)23-12-11-21-20-10-9-19-17-27(2,34)15-16-28(19,3)22(20)13-14-29(21,23)4/h5-8,18-23,34H,9-17H2,1-4H3/t18-,19+,20-,21-,22-,23+,27+,28-,29-/m0/s1. The summed E-state index contributed by atoms with van der Waals surface area (Å²) in [6.07, 6.45) is 10.2. The minimum absolute atomic E-state index is 0.103. The van der Waals surface area contributed by atoms with Gasteiger partial charge in [0.2, 0.25) is 0 Å². The number of hydrogen-bond acceptors (Lipinski definition) is 4. The average Bonchev–Trinajstić information content (AvgIpc) is 3.39. The van der Waals surface area contributed by atoms with Gasteiger partial charge in [0.05, 0.1) is 11.1 Å². The van der Waals surface area contributed by atoms with Gasteiger partial charge in [-0.15, -0.1) is 5.10 Å². The third-order valence-corrected chi connectivity index (χ3v) is 11.5. The second-order valence-corrected chi connectivity index (χ2v) is 13.1. The SMILES string of the molecule is C[C@@H](C(=O)[C@H]1CC[C@H]2[C@@H]3CC[C@@H]4C[C@](C)(O)CC[C@]4(C)[C@H]3CC[C@]12C)n1nnc2ccccc21. The number of Topliss-reactive ketones (excluding diaryl/α,β-unsaturated/α-hetero) is 1. The van der Waals surface area contributed by atoms with E-state index in [1.165, 1.54) is 32.1 Å². The van der Waals surface area contributed by atoms with Gasteiger partial charge in [-0.3, -0.25) is 4.79 Å². The summed E-state index contributed by atoms with van der Waals surface area (Å²) < 4.78 is 1.85. The van der Waals surface area contributed by atoms with E-state index in [0.29, 0.717) is 23.0 Å². The Morgan fingerprint density at radius 1 is 1.00 bits per heavy atom. The summed E-state index contributed by atoms with van der Waals surface area (Å²) in [6.45, 7) is 9.05. The quantitative estimate of drug-likeness (QED) is 0.609. The molecule has 34 heavy (non-hydrogen) atoms. The van der Waals surface area contributed by atoms with Gasteiger partial charge < -0.3 is 5.11 Å². The predicted octanol–water partition coefficient (Wildman–Crippen LogP) is 5.97. The highest BCUT2D eigenvalue weighted by Gasteiger charge is 2.62. The zero-order valence-electron chi connectivity index (χ0n) is 21.3. The number of rotatable bonds is 3. The molecule has 4 saturated carbocycles. The lowest BCUT2D eigenvalue weighted by molar-refractivity contribution is -0.151. The van der Waals surface area contributed by atoms with Gasteiger partial charge in [-0.2, -0.15) is 0 Å². The molecular formula is C29H41N3O2. The molecule has 0 amide bonds. The molecular weight excluding hydrogens is 422 g/mol. The number of carbonyl (C=O) groups is 1. The normalized spacial score (nSPS) is 44.8. The van der Waals surface area contributed by atoms with E-state index < -0.39 is 5.60 Å². The zero-order valence-corrected chi connectivity index (χ0v) is 21.3. The Labute approximate surface area is 203 Å². The maximum Gasteiger partial charge on any atom is 0.160 e. The highest BCUT2D eigenvalue weighted by molar-refractivity contribution is 5.87. The van der Waals surface area contributed by atoms with E-state index in [1.54, 1.807) is 0 Å². The van der Waals surface area contributed by atoms with Crippen molar-refractivity contribution in [2.24, 2.45) is 40.4 Å². The Kier molecular flexibility index (Phi) is 5.09. The van der Waals surface area contributed by atoms with Crippen LogP contribution in [0.1, 0.15) is 91.5 Å². The summed E-state index contributed by atoms with van der Waals surface area (Å²) in [7, 11) is 0. The number of carbonyl (C=O) groups excluding carboxylic acids is 1. The van der Waals surface area contributed by atoms with Crippen LogP contribution in [0, 0.1) is 40.4 Å². The van der Waals surface area contributed by atoms with Gasteiger partial charge in [-0.25, -0.2) is 4.68 Å². The smallest absolute Gasteiger partial charge is 0.160 e. The van der Waals surface area contributed by atoms with Crippen LogP contribution in [0.25, 0.3) is 11.0 Å². The van der Waals surface area contributed by atoms with Gasteiger partial charge in [0.15, 0.2) is 5.78 Å². The van der Waals surface area contributed by atoms with Crippen LogP contribution < -0.4 is 0 Å². The first kappa shape index (κ1) is 22.7. The van der Waals surface area contributed by atoms with Crippen molar-refractivity contribution in [1.82, 2.24) is 15.0 Å². The van der Waals surface area contributed by atoms with Crippen LogP contribution in [0.15, 0.2) is 24.3 Å². The van der Waals surface area contributed by atoms with Gasteiger partial charge in [0.25, 0.3) is 0 Å². The first-order chi connectivity index (χ1) is 16.1. The molecule has 0 aliphatic heterocycles. The van der Waals surface area contributed by atoms with Gasteiger partial charge in [0, 0.05) is 5.92 Å². The number of fused-ring (bicyclic) bond motifs is 6. The number of nitrogens with zero attached hydrogens (tertiary/aromatic N) is 3. The van der Waals surface area contributed by atoms with Crippen molar-refractivity contribution in [2.45, 2.75) is 97.1 Å². The monoisotopic (exact) mass is 463 g/mol. The maximum atomic E-state index is 14.0. The van der Waals surface area contributed by atoms with Crippen LogP contribution in [0.2, 0.25) is 0 Å². The van der Waals surface area contributed by atoms with Gasteiger partial charge in [0.1, 0.15) is 11.6 Å². The van der Waals surface area contributed by atoms with Crippen molar-refractivity contribution >= 4 is 16.8 Å². The highest BCUT2D eigenvalue weighted by atomic mass is 16.3. The summed E-state index contributed by atoms with van der Waals surface area (Å²) in [5.74, 6) is 3.28. The molecule has 5 nitrogen and oxygen atoms in total. The van der Waals surface area contributed by atoms with Crippen molar-refractivity contribution in [2.75, 3.05) is 0 Å². The Bertz CT molecular complexity index is 1110. The summed E-state index contributed by atoms with van der Waals surface area (Å²) in [5, 5.41) is 19.4. The third-order valence-electron chi connectivity index (χ3n) is 11.5. The lowest BCUT2D eigenvalue weighted by Crippen LogP contribution is -2.55. The Morgan fingerprint density at radius 3 is 2.59 bits per heavy atom. The summed E-state index contributed by atoms with van der Waals surface area (Å²) >= 11 is 0. The van der Waals surface area contributed by atoms with Gasteiger partial charge >= 0.3 is 0 Å². The molecule has 1 aromatic heterocycles. The molecule has 6 rings (SSSR count). The Morgan fingerprint density at radius 2 is 1.76 bits per heavy atom. The van der Waals surface area contributed by atoms with E-state index >= 15 is 0 Å². The van der Waals surface area contributed by atoms with Crippen LogP contribution in [0.4, 0.5) is 0 Å². The van der Waals surface area contributed by atoms with Crippen molar-refractivity contribution < 1.29 is 9.90 Å². The molecule has 0 bridgehead atoms. The van der Waals surface area contributed by atoms with Gasteiger partial charge in [-0.1, -0.05) is 31.2 Å². The first-order valence-corrected chi connectivity index (χ1v) is 13.7. The molecule has 2 aromatic rings. The molecule has 4 fully saturated rings. The number of ketones is 1. The number of para-hydroxylation sites is 1. The Hall–Kier alpha value is -1.75. The minimum Gasteiger partial charge on any atom is -0.390 e. The average molecular weight is 464 g/mol. The van der Waals surface area contributed by atoms with Crippen LogP contribution in [0.5, 0.6) is 0 Å². The van der Waals surface area contributed by atoms with Crippen LogP contribution in [-0.2, 0) is 4.79 Å². The van der Waals surface area contributed by atoms with Gasteiger partial charge in [-0.05, 0) is 118 Å². The zero-order chi connectivity index (χ0) is 23.9. The maximum absolute atomic E-state index is 14.0. The summed E-state index contributed by atoms with van der Waals surface area (Å²) in [4.78, 5) is 14.0. The fourth-order valence-electron chi connectivity index (χ4n) is 9.48. The topological polar surface area (TPSA) is 68.0 Å². The molecule has 0 saturated heterocycles. The van der Waals surface area contributed by atoms with E-state index in [1.807, 2.05) is 42.8 Å². The minimum atomic E-state index is -0.479. The summed E-state index contributed by atoms with van der Waals surface area (Å²) in [5.41, 5.74) is 1.79. The molecule has 1 heterocycles. The number of benzene rings is 1. The number of hydrogen-bond donors (Lipinski definition) is 1. The first-order valence-electron chi connectivity index (χ1n) is 13.7. The molecule has 1 aromatic carbocycles. The number of aromatic nitrogens is 3. The molecule has 0 spiro atoms. The molecule has 0 radical (unpaired) electrons. The predicted molar refractivity (Wildman–Crippen MR) is 133 cm³/mol. The second kappa shape index (κ2) is 7.62. The van der Waals surface area contributed by atoms with Crippen molar-refractivity contribution in [1.29, 1.82) is 0 Å². The molecule has 1 N–H and O–H groups in total. The Balaban J connectivity index is 1.25. The van der Waals surface area contributed by atoms with E-state index in [2.05, 4.69) is 24.2 Å². The molecule has 9 atom stereocenters. The van der Waals surface area contributed by atoms with Crippen molar-refractivity contribution in [3.8, 4) is 0 Å². The van der Waals surface area contributed by atoms with Crippen molar-refractivity contribution in [3.63, 3.8) is 0 Å². The molecule has 0 unspecified atom stereocenters. The van der Waals surface area contributed by atoms with Crippen molar-refractivity contribution in [3.05, 3.63) is 24.3 Å². The highest BCUT2D eigenvalue weighted by Crippen LogP contribution is 2.68. The lowest BCUT2D eigenvalue weighted by atomic mass is 9.44. The van der Waals surface area contributed by atoms with E-state index in [9.17, 15) is 9.90 Å².